The van der Waals surface area contributed by atoms with Crippen molar-refractivity contribution in [1.82, 2.24) is 15.2 Å². The highest BCUT2D eigenvalue weighted by molar-refractivity contribution is 9.10. The Bertz CT molecular complexity index is 852. The van der Waals surface area contributed by atoms with Crippen molar-refractivity contribution in [1.29, 1.82) is 0 Å². The summed E-state index contributed by atoms with van der Waals surface area (Å²) in [6.45, 7) is 1.98. The molecule has 25 heavy (non-hydrogen) atoms. The number of nitrogens with one attached hydrogen (secondary N) is 1. The van der Waals surface area contributed by atoms with Crippen LogP contribution in [0.15, 0.2) is 26.7 Å². The number of halogens is 1. The number of hydrogen-bond acceptors (Lipinski definition) is 7. The zero-order valence-electron chi connectivity index (χ0n) is 12.9. The van der Waals surface area contributed by atoms with E-state index in [9.17, 15) is 25.1 Å². The molecule has 0 saturated carbocycles. The monoisotopic (exact) mass is 428 g/mol. The second-order valence-electron chi connectivity index (χ2n) is 4.86. The van der Waals surface area contributed by atoms with E-state index in [1.807, 2.05) is 6.92 Å². The fraction of sp³-hybridized carbons (Fsp3) is 0.214. The molecule has 132 valence electrons. The minimum atomic E-state index is -1.22. The van der Waals surface area contributed by atoms with Gasteiger partial charge in [0.05, 0.1) is 9.40 Å². The minimum absolute atomic E-state index is 0.0887. The van der Waals surface area contributed by atoms with Crippen LogP contribution >= 0.6 is 27.7 Å². The lowest BCUT2D eigenvalue weighted by Crippen LogP contribution is -1.98. The minimum Gasteiger partial charge on any atom is -0.501 e. The first kappa shape index (κ1) is 18.9. The Morgan fingerprint density at radius 1 is 1.52 bits per heavy atom. The van der Waals surface area contributed by atoms with Gasteiger partial charge in [-0.2, -0.15) is 0 Å². The number of rotatable bonds is 7. The summed E-state index contributed by atoms with van der Waals surface area (Å²) in [5.74, 6) is -1.10. The van der Waals surface area contributed by atoms with Gasteiger partial charge in [0.15, 0.2) is 0 Å². The van der Waals surface area contributed by atoms with Gasteiger partial charge in [-0.25, -0.2) is 9.78 Å². The number of aromatic hydroxyl groups is 1. The summed E-state index contributed by atoms with van der Waals surface area (Å²) in [6, 6.07) is 2.47. The zero-order valence-corrected chi connectivity index (χ0v) is 15.3. The lowest BCUT2D eigenvalue weighted by Gasteiger charge is -2.03. The molecule has 1 aromatic carbocycles. The predicted molar refractivity (Wildman–Crippen MR) is 94.3 cm³/mol. The highest BCUT2D eigenvalue weighted by Crippen LogP contribution is 2.36. The second-order valence-corrected chi connectivity index (χ2v) is 6.72. The average molecular weight is 429 g/mol. The molecule has 0 fully saturated rings. The number of nitro groups is 1. The topological polar surface area (TPSA) is 142 Å². The number of aromatic nitrogens is 3. The first-order chi connectivity index (χ1) is 11.8. The first-order valence-electron chi connectivity index (χ1n) is 7.02. The Kier molecular flexibility index (Phi) is 6.15. The number of aryl methyl sites for hydroxylation is 1. The lowest BCUT2D eigenvalue weighted by atomic mass is 10.1. The van der Waals surface area contributed by atoms with Gasteiger partial charge in [-0.1, -0.05) is 6.92 Å². The summed E-state index contributed by atoms with van der Waals surface area (Å²) in [4.78, 5) is 25.7. The molecule has 9 nitrogen and oxygen atoms in total. The maximum atomic E-state index is 11.5. The number of hydrogen-bond donors (Lipinski definition) is 3. The van der Waals surface area contributed by atoms with E-state index in [4.69, 9.17) is 0 Å². The fourth-order valence-electron chi connectivity index (χ4n) is 1.88. The highest BCUT2D eigenvalue weighted by atomic mass is 79.9. The quantitative estimate of drug-likeness (QED) is 0.263. The van der Waals surface area contributed by atoms with Crippen LogP contribution in [0.2, 0.25) is 0 Å². The number of carbonyl (C=O) groups is 1. The molecule has 0 bridgehead atoms. The van der Waals surface area contributed by atoms with Gasteiger partial charge in [0.2, 0.25) is 10.9 Å². The van der Waals surface area contributed by atoms with Crippen molar-refractivity contribution in [3.05, 3.63) is 43.0 Å². The van der Waals surface area contributed by atoms with E-state index in [2.05, 4.69) is 31.1 Å². The maximum absolute atomic E-state index is 11.5. The van der Waals surface area contributed by atoms with E-state index in [-0.39, 0.29) is 20.1 Å². The number of H-pyrrole nitrogens is 1. The van der Waals surface area contributed by atoms with Crippen molar-refractivity contribution in [2.75, 3.05) is 0 Å². The molecule has 0 amide bonds. The molecule has 2 aromatic rings. The molecule has 0 saturated heterocycles. The summed E-state index contributed by atoms with van der Waals surface area (Å²) in [5, 5.41) is 36.9. The molecule has 1 heterocycles. The van der Waals surface area contributed by atoms with Crippen LogP contribution in [0.25, 0.3) is 6.08 Å². The number of aliphatic carboxylic acids is 1. The van der Waals surface area contributed by atoms with Crippen LogP contribution in [-0.2, 0) is 11.2 Å². The molecule has 3 N–H and O–H groups in total. The Morgan fingerprint density at radius 3 is 2.84 bits per heavy atom. The third-order valence-electron chi connectivity index (χ3n) is 2.97. The number of thioether (sulfide) groups is 1. The van der Waals surface area contributed by atoms with Gasteiger partial charge in [0, 0.05) is 12.5 Å². The van der Waals surface area contributed by atoms with Gasteiger partial charge in [-0.3, -0.25) is 15.2 Å². The molecule has 0 spiro atoms. The Balaban J connectivity index is 2.36. The SMILES string of the molecule is CCCc1nc(S/C(=C\c2cc(Br)c(O)c([N+](=O)[O-])c2)C(=O)O)n[nH]1. The summed E-state index contributed by atoms with van der Waals surface area (Å²) >= 11 is 3.84. The normalized spacial score (nSPS) is 11.5. The van der Waals surface area contributed by atoms with E-state index in [1.54, 1.807) is 0 Å². The molecular weight excluding hydrogens is 416 g/mol. The zero-order chi connectivity index (χ0) is 18.6. The lowest BCUT2D eigenvalue weighted by molar-refractivity contribution is -0.386. The van der Waals surface area contributed by atoms with Gasteiger partial charge in [0.1, 0.15) is 10.7 Å². The molecule has 1 aromatic heterocycles. The molecule has 0 radical (unpaired) electrons. The molecule has 2 rings (SSSR count). The van der Waals surface area contributed by atoms with Crippen LogP contribution in [-0.4, -0.2) is 36.3 Å². The van der Waals surface area contributed by atoms with Crippen LogP contribution in [0.4, 0.5) is 5.69 Å². The number of phenolic OH excluding ortho intramolecular Hbond substituents is 1. The standard InChI is InChI=1S/C14H13BrN4O5S/c1-2-3-11-16-14(18-17-11)25-10(13(21)22)6-7-4-8(15)12(20)9(5-7)19(23)24/h4-6,20H,2-3H2,1H3,(H,21,22)(H,16,17,18)/b10-6-. The summed E-state index contributed by atoms with van der Waals surface area (Å²) in [7, 11) is 0. The summed E-state index contributed by atoms with van der Waals surface area (Å²) in [5.41, 5.74) is -0.288. The van der Waals surface area contributed by atoms with E-state index in [0.29, 0.717) is 12.2 Å². The van der Waals surface area contributed by atoms with Gasteiger partial charge < -0.3 is 10.2 Å². The molecule has 0 aliphatic heterocycles. The Hall–Kier alpha value is -2.40. The smallest absolute Gasteiger partial charge is 0.342 e. The number of carboxylic acids is 1. The van der Waals surface area contributed by atoms with Gasteiger partial charge in [-0.15, -0.1) is 5.10 Å². The van der Waals surface area contributed by atoms with E-state index < -0.39 is 22.3 Å². The number of carboxylic acid groups (broad SMARTS) is 1. The number of nitro benzene ring substituents is 1. The van der Waals surface area contributed by atoms with E-state index >= 15 is 0 Å². The molecule has 0 aliphatic carbocycles. The number of aromatic amines is 1. The van der Waals surface area contributed by atoms with Crippen molar-refractivity contribution in [2.24, 2.45) is 0 Å². The van der Waals surface area contributed by atoms with Crippen molar-refractivity contribution < 1.29 is 19.9 Å². The molecule has 0 aliphatic rings. The maximum Gasteiger partial charge on any atom is 0.342 e. The second kappa shape index (κ2) is 8.12. The van der Waals surface area contributed by atoms with Crippen molar-refractivity contribution in [2.45, 2.75) is 24.9 Å². The van der Waals surface area contributed by atoms with E-state index in [0.717, 1.165) is 24.2 Å². The predicted octanol–water partition coefficient (Wildman–Crippen LogP) is 3.35. The summed E-state index contributed by atoms with van der Waals surface area (Å²) in [6.07, 6.45) is 2.81. The van der Waals surface area contributed by atoms with Gasteiger partial charge in [-0.05, 0) is 51.8 Å². The van der Waals surface area contributed by atoms with Crippen LogP contribution in [0.1, 0.15) is 24.7 Å². The van der Waals surface area contributed by atoms with Crippen LogP contribution in [0, 0.1) is 10.1 Å². The molecule has 11 heteroatoms. The van der Waals surface area contributed by atoms with Crippen molar-refractivity contribution in [3.8, 4) is 5.75 Å². The van der Waals surface area contributed by atoms with Crippen LogP contribution < -0.4 is 0 Å². The summed E-state index contributed by atoms with van der Waals surface area (Å²) < 4.78 is 0.0887. The molecular formula is C14H13BrN4O5S. The van der Waals surface area contributed by atoms with Crippen molar-refractivity contribution >= 4 is 45.4 Å². The number of benzene rings is 1. The van der Waals surface area contributed by atoms with Gasteiger partial charge in [0.25, 0.3) is 0 Å². The van der Waals surface area contributed by atoms with Crippen LogP contribution in [0.3, 0.4) is 0 Å². The molecule has 0 atom stereocenters. The first-order valence-corrected chi connectivity index (χ1v) is 8.63. The third kappa shape index (κ3) is 4.79. The molecule has 0 unspecified atom stereocenters. The largest absolute Gasteiger partial charge is 0.501 e. The highest BCUT2D eigenvalue weighted by Gasteiger charge is 2.19. The van der Waals surface area contributed by atoms with Crippen LogP contribution in [0.5, 0.6) is 5.75 Å². The Labute approximate surface area is 154 Å². The Morgan fingerprint density at radius 2 is 2.24 bits per heavy atom. The third-order valence-corrected chi connectivity index (χ3v) is 4.45. The van der Waals surface area contributed by atoms with E-state index in [1.165, 1.54) is 12.1 Å². The van der Waals surface area contributed by atoms with Gasteiger partial charge >= 0.3 is 11.7 Å². The number of nitrogens with zero attached hydrogens (tertiary/aromatic N) is 3. The average Bonchev–Trinajstić information content (AvgIpc) is 2.97. The fourth-order valence-corrected chi connectivity index (χ4v) is 3.08. The van der Waals surface area contributed by atoms with Crippen molar-refractivity contribution in [3.63, 3.8) is 0 Å². The number of phenols is 1.